The van der Waals surface area contributed by atoms with Gasteiger partial charge in [0.15, 0.2) is 0 Å². The van der Waals surface area contributed by atoms with Gasteiger partial charge in [-0.15, -0.1) is 0 Å². The van der Waals surface area contributed by atoms with Gasteiger partial charge in [0.25, 0.3) is 0 Å². The Hall–Kier alpha value is -2.99. The molecule has 0 bridgehead atoms. The lowest BCUT2D eigenvalue weighted by Gasteiger charge is -2.31. The highest BCUT2D eigenvalue weighted by molar-refractivity contribution is 6.44. The van der Waals surface area contributed by atoms with Crippen LogP contribution in [0.2, 0.25) is 0 Å². The van der Waals surface area contributed by atoms with Crippen LogP contribution in [-0.2, 0) is 9.59 Å². The first-order chi connectivity index (χ1) is 12.0. The van der Waals surface area contributed by atoms with Crippen LogP contribution in [0, 0.1) is 0 Å². The highest BCUT2D eigenvalue weighted by atomic mass is 16.2. The summed E-state index contributed by atoms with van der Waals surface area (Å²) in [6.07, 6.45) is 0. The van der Waals surface area contributed by atoms with Crippen molar-refractivity contribution in [3.05, 3.63) is 71.8 Å². The Morgan fingerprint density at radius 3 is 1.72 bits per heavy atom. The third-order valence-corrected chi connectivity index (χ3v) is 4.29. The van der Waals surface area contributed by atoms with Crippen molar-refractivity contribution in [3.8, 4) is 0 Å². The molecule has 6 nitrogen and oxygen atoms in total. The standard InChI is InChI=1S/C19H19N3O3/c1-20(13-22-18(24)17(23)21(2)19(22)25)16(14-9-5-3-6-10-14)15-11-7-4-8-12-15/h3-12,16H,13H2,1-2H3. The number of carbonyl (C=O) groups excluding carboxylic acids is 3. The summed E-state index contributed by atoms with van der Waals surface area (Å²) in [5.41, 5.74) is 2.07. The van der Waals surface area contributed by atoms with Gasteiger partial charge in [0.05, 0.1) is 12.7 Å². The van der Waals surface area contributed by atoms with Gasteiger partial charge in [0.2, 0.25) is 0 Å². The molecule has 25 heavy (non-hydrogen) atoms. The predicted molar refractivity (Wildman–Crippen MR) is 92.4 cm³/mol. The van der Waals surface area contributed by atoms with Crippen LogP contribution in [0.1, 0.15) is 17.2 Å². The topological polar surface area (TPSA) is 60.9 Å². The van der Waals surface area contributed by atoms with E-state index in [0.29, 0.717) is 0 Å². The van der Waals surface area contributed by atoms with E-state index in [1.165, 1.54) is 7.05 Å². The minimum Gasteiger partial charge on any atom is -0.277 e. The van der Waals surface area contributed by atoms with E-state index in [1.54, 1.807) is 0 Å². The largest absolute Gasteiger partial charge is 0.335 e. The van der Waals surface area contributed by atoms with Crippen molar-refractivity contribution in [3.63, 3.8) is 0 Å². The molecular formula is C19H19N3O3. The number of rotatable bonds is 5. The fourth-order valence-corrected chi connectivity index (χ4v) is 3.02. The molecule has 6 heteroatoms. The van der Waals surface area contributed by atoms with E-state index >= 15 is 0 Å². The van der Waals surface area contributed by atoms with Gasteiger partial charge in [-0.3, -0.25) is 19.4 Å². The van der Waals surface area contributed by atoms with Gasteiger partial charge in [-0.2, -0.15) is 0 Å². The first-order valence-corrected chi connectivity index (χ1v) is 7.94. The molecule has 1 aliphatic rings. The lowest BCUT2D eigenvalue weighted by molar-refractivity contribution is -0.143. The molecule has 0 radical (unpaired) electrons. The predicted octanol–water partition coefficient (Wildman–Crippen LogP) is 2.09. The van der Waals surface area contributed by atoms with E-state index in [9.17, 15) is 14.4 Å². The number of nitrogens with zero attached hydrogens (tertiary/aromatic N) is 3. The molecule has 2 aromatic carbocycles. The summed E-state index contributed by atoms with van der Waals surface area (Å²) < 4.78 is 0. The number of likely N-dealkylation sites (N-methyl/N-ethyl adjacent to an activating group) is 1. The normalized spacial score (nSPS) is 15.0. The summed E-state index contributed by atoms with van der Waals surface area (Å²) in [4.78, 5) is 39.6. The van der Waals surface area contributed by atoms with Crippen LogP contribution in [0.25, 0.3) is 0 Å². The summed E-state index contributed by atoms with van der Waals surface area (Å²) in [5.74, 6) is -1.59. The second-order valence-corrected chi connectivity index (χ2v) is 6.00. The minimum atomic E-state index is -0.797. The Morgan fingerprint density at radius 1 is 0.840 bits per heavy atom. The molecule has 0 aliphatic carbocycles. The zero-order valence-corrected chi connectivity index (χ0v) is 14.1. The maximum absolute atomic E-state index is 12.1. The van der Waals surface area contributed by atoms with Crippen LogP contribution >= 0.6 is 0 Å². The van der Waals surface area contributed by atoms with Crippen molar-refractivity contribution in [1.29, 1.82) is 0 Å². The summed E-state index contributed by atoms with van der Waals surface area (Å²) in [7, 11) is 3.14. The number of benzene rings is 2. The molecule has 0 unspecified atom stereocenters. The molecule has 0 atom stereocenters. The second-order valence-electron chi connectivity index (χ2n) is 6.00. The monoisotopic (exact) mass is 337 g/mol. The maximum Gasteiger partial charge on any atom is 0.335 e. The van der Waals surface area contributed by atoms with Gasteiger partial charge in [-0.1, -0.05) is 60.7 Å². The van der Waals surface area contributed by atoms with Crippen molar-refractivity contribution in [1.82, 2.24) is 14.7 Å². The van der Waals surface area contributed by atoms with Gasteiger partial charge in [0, 0.05) is 7.05 Å². The van der Waals surface area contributed by atoms with Crippen molar-refractivity contribution in [2.75, 3.05) is 20.8 Å². The Labute approximate surface area is 146 Å². The van der Waals surface area contributed by atoms with E-state index in [2.05, 4.69) is 0 Å². The molecule has 2 aromatic rings. The highest BCUT2D eigenvalue weighted by Crippen LogP contribution is 2.28. The highest BCUT2D eigenvalue weighted by Gasteiger charge is 2.43. The number of carbonyl (C=O) groups is 3. The fourth-order valence-electron chi connectivity index (χ4n) is 3.02. The van der Waals surface area contributed by atoms with E-state index in [0.717, 1.165) is 20.9 Å². The average Bonchev–Trinajstić information content (AvgIpc) is 2.82. The van der Waals surface area contributed by atoms with E-state index in [1.807, 2.05) is 72.6 Å². The molecule has 0 spiro atoms. The Kier molecular flexibility index (Phi) is 4.63. The molecule has 128 valence electrons. The van der Waals surface area contributed by atoms with Crippen molar-refractivity contribution in [2.24, 2.45) is 0 Å². The maximum atomic E-state index is 12.1. The number of imide groups is 2. The van der Waals surface area contributed by atoms with Gasteiger partial charge in [-0.25, -0.2) is 9.69 Å². The minimum absolute atomic E-state index is 0.0300. The number of amides is 4. The molecule has 0 saturated carbocycles. The smallest absolute Gasteiger partial charge is 0.277 e. The molecule has 1 fully saturated rings. The van der Waals surface area contributed by atoms with E-state index < -0.39 is 17.8 Å². The summed E-state index contributed by atoms with van der Waals surface area (Å²) in [6, 6.07) is 18.9. The van der Waals surface area contributed by atoms with Crippen molar-refractivity contribution >= 4 is 17.8 Å². The van der Waals surface area contributed by atoms with Gasteiger partial charge >= 0.3 is 17.8 Å². The zero-order chi connectivity index (χ0) is 18.0. The lowest BCUT2D eigenvalue weighted by Crippen LogP contribution is -2.42. The number of urea groups is 1. The second kappa shape index (κ2) is 6.86. The molecule has 1 aliphatic heterocycles. The first kappa shape index (κ1) is 16.9. The Morgan fingerprint density at radius 2 is 1.32 bits per heavy atom. The summed E-state index contributed by atoms with van der Waals surface area (Å²) in [6.45, 7) is 0.0300. The summed E-state index contributed by atoms with van der Waals surface area (Å²) >= 11 is 0. The van der Waals surface area contributed by atoms with Crippen molar-refractivity contribution < 1.29 is 14.4 Å². The molecule has 0 N–H and O–H groups in total. The van der Waals surface area contributed by atoms with Gasteiger partial charge < -0.3 is 0 Å². The molecule has 1 heterocycles. The lowest BCUT2D eigenvalue weighted by atomic mass is 9.98. The number of hydrogen-bond donors (Lipinski definition) is 0. The molecule has 0 aromatic heterocycles. The van der Waals surface area contributed by atoms with Gasteiger partial charge in [-0.05, 0) is 18.2 Å². The van der Waals surface area contributed by atoms with Crippen LogP contribution in [0.4, 0.5) is 4.79 Å². The zero-order valence-electron chi connectivity index (χ0n) is 14.1. The molecular weight excluding hydrogens is 318 g/mol. The average molecular weight is 337 g/mol. The summed E-state index contributed by atoms with van der Waals surface area (Å²) in [5, 5.41) is 0. The Bertz CT molecular complexity index is 753. The van der Waals surface area contributed by atoms with Gasteiger partial charge in [0.1, 0.15) is 0 Å². The molecule has 1 saturated heterocycles. The molecule has 4 amide bonds. The SMILES string of the molecule is CN1C(=O)C(=O)N(CN(C)C(c2ccccc2)c2ccccc2)C1=O. The van der Waals surface area contributed by atoms with Crippen LogP contribution < -0.4 is 0 Å². The quantitative estimate of drug-likeness (QED) is 0.619. The van der Waals surface area contributed by atoms with Crippen LogP contribution in [-0.4, -0.2) is 53.3 Å². The molecule has 3 rings (SSSR count). The van der Waals surface area contributed by atoms with Crippen molar-refractivity contribution in [2.45, 2.75) is 6.04 Å². The van der Waals surface area contributed by atoms with Crippen LogP contribution in [0.15, 0.2) is 60.7 Å². The van der Waals surface area contributed by atoms with E-state index in [4.69, 9.17) is 0 Å². The first-order valence-electron chi connectivity index (χ1n) is 7.94. The van der Waals surface area contributed by atoms with Crippen LogP contribution in [0.3, 0.4) is 0 Å². The van der Waals surface area contributed by atoms with E-state index in [-0.39, 0.29) is 12.7 Å². The fraction of sp³-hybridized carbons (Fsp3) is 0.211. The third kappa shape index (κ3) is 3.16. The Balaban J connectivity index is 1.91. The van der Waals surface area contributed by atoms with Crippen LogP contribution in [0.5, 0.6) is 0 Å². The third-order valence-electron chi connectivity index (χ3n) is 4.29. The number of hydrogen-bond acceptors (Lipinski definition) is 4.